The van der Waals surface area contributed by atoms with Gasteiger partial charge in [-0.2, -0.15) is 11.8 Å². The first-order valence-electron chi connectivity index (χ1n) is 12.5. The molecule has 0 spiro atoms. The van der Waals surface area contributed by atoms with E-state index in [9.17, 15) is 19.5 Å². The zero-order valence-electron chi connectivity index (χ0n) is 21.5. The number of nitrogens with zero attached hydrogens (tertiary/aromatic N) is 3. The number of aromatic nitrogens is 2. The molecular weight excluding hydrogens is 494 g/mol. The molecule has 0 radical (unpaired) electrons. The average molecular weight is 532 g/mol. The van der Waals surface area contributed by atoms with Crippen molar-refractivity contribution in [3.8, 4) is 5.75 Å². The van der Waals surface area contributed by atoms with Crippen LogP contribution in [0, 0.1) is 0 Å². The fraction of sp³-hybridized carbons (Fsp3) is 0.538. The lowest BCUT2D eigenvalue weighted by molar-refractivity contribution is -0.142. The van der Waals surface area contributed by atoms with Crippen molar-refractivity contribution < 1.29 is 24.2 Å². The van der Waals surface area contributed by atoms with Crippen LogP contribution in [0.25, 0.3) is 0 Å². The number of imidazole rings is 1. The zero-order valence-corrected chi connectivity index (χ0v) is 22.3. The van der Waals surface area contributed by atoms with Gasteiger partial charge in [-0.05, 0) is 43.8 Å². The number of carbonyl (C=O) groups excluding carboxylic acids is 2. The van der Waals surface area contributed by atoms with E-state index in [1.54, 1.807) is 19.6 Å². The number of rotatable bonds is 15. The maximum atomic E-state index is 13.0. The first-order chi connectivity index (χ1) is 17.9. The number of aryl methyl sites for hydroxylation is 1. The van der Waals surface area contributed by atoms with Gasteiger partial charge in [-0.1, -0.05) is 18.2 Å². The number of ether oxygens (including phenoxy) is 1. The van der Waals surface area contributed by atoms with Gasteiger partial charge in [0.05, 0.1) is 25.7 Å². The molecule has 0 aliphatic carbocycles. The molecule has 0 unspecified atom stereocenters. The number of aromatic amines is 1. The Morgan fingerprint density at radius 2 is 2.16 bits per heavy atom. The summed E-state index contributed by atoms with van der Waals surface area (Å²) in [4.78, 5) is 48.6. The summed E-state index contributed by atoms with van der Waals surface area (Å²) in [6.45, 7) is 1.65. The second kappa shape index (κ2) is 14.6. The predicted octanol–water partition coefficient (Wildman–Crippen LogP) is 2.17. The lowest BCUT2D eigenvalue weighted by Crippen LogP contribution is -2.49. The van der Waals surface area contributed by atoms with E-state index >= 15 is 0 Å². The van der Waals surface area contributed by atoms with Crippen LogP contribution in [0.15, 0.2) is 36.8 Å². The SMILES string of the molecule is COc1ccccc1CN(CC(=O)N[C@@H](CCSC)C(=O)O)C[C@@H]1CCCN1C(=O)CCc1c[nH]cn1. The van der Waals surface area contributed by atoms with Gasteiger partial charge in [0.2, 0.25) is 11.8 Å². The van der Waals surface area contributed by atoms with E-state index < -0.39 is 12.0 Å². The van der Waals surface area contributed by atoms with E-state index in [2.05, 4.69) is 15.3 Å². The quantitative estimate of drug-likeness (QED) is 0.319. The second-order valence-electron chi connectivity index (χ2n) is 9.17. The van der Waals surface area contributed by atoms with Gasteiger partial charge in [0.15, 0.2) is 0 Å². The summed E-state index contributed by atoms with van der Waals surface area (Å²) < 4.78 is 5.51. The van der Waals surface area contributed by atoms with Crippen molar-refractivity contribution in [3.63, 3.8) is 0 Å². The molecule has 10 nitrogen and oxygen atoms in total. The number of H-pyrrole nitrogens is 1. The first-order valence-corrected chi connectivity index (χ1v) is 13.9. The summed E-state index contributed by atoms with van der Waals surface area (Å²) in [5.74, 6) is 0.0466. The van der Waals surface area contributed by atoms with E-state index in [0.717, 1.165) is 29.8 Å². The van der Waals surface area contributed by atoms with Gasteiger partial charge >= 0.3 is 5.97 Å². The monoisotopic (exact) mass is 531 g/mol. The third-order valence-corrected chi connectivity index (χ3v) is 7.16. The minimum Gasteiger partial charge on any atom is -0.496 e. The van der Waals surface area contributed by atoms with Crippen LogP contribution in [0.1, 0.15) is 36.9 Å². The summed E-state index contributed by atoms with van der Waals surface area (Å²) in [5.41, 5.74) is 1.78. The molecule has 1 fully saturated rings. The molecule has 202 valence electrons. The number of carboxylic acid groups (broad SMARTS) is 1. The van der Waals surface area contributed by atoms with Crippen LogP contribution in [0.5, 0.6) is 5.75 Å². The maximum absolute atomic E-state index is 13.0. The number of carboxylic acids is 1. The highest BCUT2D eigenvalue weighted by Gasteiger charge is 2.31. The Balaban J connectivity index is 1.69. The normalized spacial score (nSPS) is 16.1. The number of likely N-dealkylation sites (tertiary alicyclic amines) is 1. The smallest absolute Gasteiger partial charge is 0.326 e. The molecule has 1 aliphatic heterocycles. The van der Waals surface area contributed by atoms with E-state index in [4.69, 9.17) is 4.74 Å². The lowest BCUT2D eigenvalue weighted by atomic mass is 10.1. The fourth-order valence-electron chi connectivity index (χ4n) is 4.65. The van der Waals surface area contributed by atoms with Crippen LogP contribution in [-0.4, -0.2) is 93.5 Å². The number of aliphatic carboxylic acids is 1. The van der Waals surface area contributed by atoms with Crippen molar-refractivity contribution in [1.82, 2.24) is 25.1 Å². The molecule has 0 saturated carbocycles. The Labute approximate surface area is 222 Å². The highest BCUT2D eigenvalue weighted by molar-refractivity contribution is 7.98. The van der Waals surface area contributed by atoms with Gasteiger partial charge in [0.25, 0.3) is 0 Å². The van der Waals surface area contributed by atoms with E-state index in [0.29, 0.717) is 44.6 Å². The number of benzene rings is 1. The Morgan fingerprint density at radius 1 is 1.35 bits per heavy atom. The number of nitrogens with one attached hydrogen (secondary N) is 2. The first kappa shape index (κ1) is 28.5. The third kappa shape index (κ3) is 8.78. The van der Waals surface area contributed by atoms with Gasteiger partial charge in [0, 0.05) is 43.9 Å². The average Bonchev–Trinajstić information content (AvgIpc) is 3.57. The molecule has 1 aromatic carbocycles. The molecule has 2 aromatic rings. The van der Waals surface area contributed by atoms with Crippen LogP contribution < -0.4 is 10.1 Å². The Bertz CT molecular complexity index is 1020. The number of amides is 2. The molecule has 2 amide bonds. The summed E-state index contributed by atoms with van der Waals surface area (Å²) in [7, 11) is 1.61. The van der Waals surface area contributed by atoms with Crippen LogP contribution in [-0.2, 0) is 27.3 Å². The number of carbonyl (C=O) groups is 3. The Morgan fingerprint density at radius 3 is 2.86 bits per heavy atom. The molecule has 37 heavy (non-hydrogen) atoms. The summed E-state index contributed by atoms with van der Waals surface area (Å²) in [6, 6.07) is 6.67. The number of methoxy groups -OCH3 is 1. The number of para-hydroxylation sites is 1. The lowest BCUT2D eigenvalue weighted by Gasteiger charge is -2.31. The highest BCUT2D eigenvalue weighted by atomic mass is 32.2. The van der Waals surface area contributed by atoms with Crippen molar-refractivity contribution in [2.75, 3.05) is 38.8 Å². The molecule has 3 rings (SSSR count). The fourth-order valence-corrected chi connectivity index (χ4v) is 5.13. The van der Waals surface area contributed by atoms with Gasteiger partial charge in [-0.3, -0.25) is 14.5 Å². The Hall–Kier alpha value is -3.05. The number of hydrogen-bond donors (Lipinski definition) is 3. The van der Waals surface area contributed by atoms with Crippen molar-refractivity contribution in [1.29, 1.82) is 0 Å². The molecule has 11 heteroatoms. The standard InChI is InChI=1S/C26H37N5O5S/c1-36-23-8-4-3-6-19(23)15-30(17-24(32)29-22(26(34)35)11-13-37-2)16-21-7-5-12-31(21)25(33)10-9-20-14-27-18-28-20/h3-4,6,8,14,18,21-22H,5,7,9-13,15-17H2,1-2H3,(H,27,28)(H,29,32)(H,34,35)/t21-,22-/m0/s1. The van der Waals surface area contributed by atoms with E-state index in [-0.39, 0.29) is 24.4 Å². The maximum Gasteiger partial charge on any atom is 0.326 e. The summed E-state index contributed by atoms with van der Waals surface area (Å²) >= 11 is 1.54. The van der Waals surface area contributed by atoms with Gasteiger partial charge in [-0.15, -0.1) is 0 Å². The number of hydrogen-bond acceptors (Lipinski definition) is 7. The van der Waals surface area contributed by atoms with Crippen LogP contribution in [0.2, 0.25) is 0 Å². The third-order valence-electron chi connectivity index (χ3n) is 6.51. The molecule has 1 aliphatic rings. The van der Waals surface area contributed by atoms with Crippen molar-refractivity contribution in [2.24, 2.45) is 0 Å². The van der Waals surface area contributed by atoms with E-state index in [1.807, 2.05) is 40.3 Å². The number of thioether (sulfide) groups is 1. The second-order valence-corrected chi connectivity index (χ2v) is 10.2. The van der Waals surface area contributed by atoms with Crippen LogP contribution in [0.4, 0.5) is 0 Å². The molecule has 1 saturated heterocycles. The van der Waals surface area contributed by atoms with Crippen molar-refractivity contribution >= 4 is 29.5 Å². The largest absolute Gasteiger partial charge is 0.496 e. The molecule has 1 aromatic heterocycles. The molecule has 0 bridgehead atoms. The highest BCUT2D eigenvalue weighted by Crippen LogP contribution is 2.23. The topological polar surface area (TPSA) is 128 Å². The summed E-state index contributed by atoms with van der Waals surface area (Å²) in [6.07, 6.45) is 8.37. The van der Waals surface area contributed by atoms with Gasteiger partial charge < -0.3 is 25.0 Å². The minimum absolute atomic E-state index is 0.0207. The van der Waals surface area contributed by atoms with E-state index in [1.165, 1.54) is 11.8 Å². The molecule has 2 heterocycles. The predicted molar refractivity (Wildman–Crippen MR) is 142 cm³/mol. The minimum atomic E-state index is -1.04. The zero-order chi connectivity index (χ0) is 26.6. The van der Waals surface area contributed by atoms with Crippen molar-refractivity contribution in [3.05, 3.63) is 48.0 Å². The molecule has 3 N–H and O–H groups in total. The summed E-state index contributed by atoms with van der Waals surface area (Å²) in [5, 5.41) is 12.2. The molecular formula is C26H37N5O5S. The van der Waals surface area contributed by atoms with Crippen LogP contribution >= 0.6 is 11.8 Å². The van der Waals surface area contributed by atoms with Crippen LogP contribution in [0.3, 0.4) is 0 Å². The Kier molecular flexibility index (Phi) is 11.3. The van der Waals surface area contributed by atoms with Gasteiger partial charge in [-0.25, -0.2) is 9.78 Å². The molecule has 2 atom stereocenters. The van der Waals surface area contributed by atoms with Crippen molar-refractivity contribution in [2.45, 2.75) is 50.7 Å². The van der Waals surface area contributed by atoms with Gasteiger partial charge in [0.1, 0.15) is 11.8 Å².